The first-order valence-electron chi connectivity index (χ1n) is 8.67. The van der Waals surface area contributed by atoms with Gasteiger partial charge in [0.15, 0.2) is 11.5 Å². The third kappa shape index (κ3) is 2.57. The molecule has 2 aliphatic heterocycles. The predicted octanol–water partition coefficient (Wildman–Crippen LogP) is 3.93. The van der Waals surface area contributed by atoms with Gasteiger partial charge in [-0.25, -0.2) is 0 Å². The molecule has 0 fully saturated rings. The van der Waals surface area contributed by atoms with E-state index in [4.69, 9.17) is 10.5 Å². The zero-order valence-corrected chi connectivity index (χ0v) is 15.8. The number of fused-ring (bicyclic) bond motifs is 3. The van der Waals surface area contributed by atoms with E-state index in [-0.39, 0.29) is 5.75 Å². The van der Waals surface area contributed by atoms with Gasteiger partial charge in [0.25, 0.3) is 0 Å². The lowest BCUT2D eigenvalue weighted by Gasteiger charge is -2.31. The van der Waals surface area contributed by atoms with E-state index in [1.807, 2.05) is 31.2 Å². The fourth-order valence-electron chi connectivity index (χ4n) is 3.49. The fraction of sp³-hybridized carbons (Fsp3) is 0.143. The van der Waals surface area contributed by atoms with Crippen LogP contribution in [-0.2, 0) is 0 Å². The normalized spacial score (nSPS) is 17.7. The number of thioether (sulfide) groups is 1. The van der Waals surface area contributed by atoms with Crippen molar-refractivity contribution >= 4 is 17.4 Å². The summed E-state index contributed by atoms with van der Waals surface area (Å²) < 4.78 is 5.48. The number of benzene rings is 2. The molecule has 0 radical (unpaired) electrons. The van der Waals surface area contributed by atoms with Gasteiger partial charge in [0.1, 0.15) is 10.9 Å². The highest BCUT2D eigenvalue weighted by molar-refractivity contribution is 8.03. The second kappa shape index (κ2) is 6.88. The molecule has 2 aromatic rings. The molecule has 138 valence electrons. The van der Waals surface area contributed by atoms with Gasteiger partial charge < -0.3 is 15.6 Å². The molecule has 0 spiro atoms. The van der Waals surface area contributed by atoms with Crippen molar-refractivity contribution in [2.45, 2.75) is 17.7 Å². The molecule has 4 rings (SSSR count). The molecule has 0 saturated carbocycles. The maximum Gasteiger partial charge on any atom is 0.161 e. The van der Waals surface area contributed by atoms with E-state index in [0.29, 0.717) is 39.9 Å². The lowest BCUT2D eigenvalue weighted by atomic mass is 9.83. The zero-order valence-electron chi connectivity index (χ0n) is 15.0. The first kappa shape index (κ1) is 17.8. The number of nitrogens with zero attached hydrogens (tertiary/aromatic N) is 3. The number of phenols is 1. The first-order chi connectivity index (χ1) is 13.6. The zero-order chi connectivity index (χ0) is 19.8. The summed E-state index contributed by atoms with van der Waals surface area (Å²) in [6.45, 7) is 2.20. The van der Waals surface area contributed by atoms with Crippen molar-refractivity contribution in [3.63, 3.8) is 0 Å². The Morgan fingerprint density at radius 3 is 2.64 bits per heavy atom. The van der Waals surface area contributed by atoms with Crippen LogP contribution in [0.15, 0.2) is 69.4 Å². The molecule has 1 atom stereocenters. The van der Waals surface area contributed by atoms with Crippen molar-refractivity contribution in [2.75, 3.05) is 11.5 Å². The van der Waals surface area contributed by atoms with Crippen LogP contribution in [0.5, 0.6) is 11.5 Å². The number of aromatic hydroxyl groups is 1. The molecule has 2 heterocycles. The number of anilines is 1. The number of para-hydroxylation sites is 1. The van der Waals surface area contributed by atoms with Crippen molar-refractivity contribution in [1.29, 1.82) is 10.5 Å². The molecule has 0 bridgehead atoms. The lowest BCUT2D eigenvalue weighted by molar-refractivity contribution is 0.317. The Morgan fingerprint density at radius 2 is 1.93 bits per heavy atom. The predicted molar refractivity (Wildman–Crippen MR) is 106 cm³/mol. The van der Waals surface area contributed by atoms with Gasteiger partial charge in [0.05, 0.1) is 41.5 Å². The van der Waals surface area contributed by atoms with Crippen LogP contribution in [0.1, 0.15) is 18.4 Å². The van der Waals surface area contributed by atoms with Crippen molar-refractivity contribution in [3.8, 4) is 23.6 Å². The van der Waals surface area contributed by atoms with Gasteiger partial charge in [-0.05, 0) is 36.8 Å². The van der Waals surface area contributed by atoms with E-state index < -0.39 is 5.92 Å². The highest BCUT2D eigenvalue weighted by Crippen LogP contribution is 2.54. The largest absolute Gasteiger partial charge is 0.504 e. The fourth-order valence-corrected chi connectivity index (χ4v) is 4.67. The van der Waals surface area contributed by atoms with Crippen LogP contribution in [0.2, 0.25) is 0 Å². The molecule has 7 heteroatoms. The number of nitrogens with two attached hydrogens (primary N) is 1. The van der Waals surface area contributed by atoms with Crippen molar-refractivity contribution in [1.82, 2.24) is 0 Å². The van der Waals surface area contributed by atoms with E-state index in [9.17, 15) is 15.6 Å². The quantitative estimate of drug-likeness (QED) is 0.820. The Labute approximate surface area is 166 Å². The summed E-state index contributed by atoms with van der Waals surface area (Å²) >= 11 is 1.46. The Hall–Kier alpha value is -3.55. The number of nitriles is 2. The number of rotatable bonds is 3. The molecule has 2 aromatic carbocycles. The Balaban J connectivity index is 1.93. The summed E-state index contributed by atoms with van der Waals surface area (Å²) in [6, 6.07) is 17.0. The minimum absolute atomic E-state index is 0.00676. The summed E-state index contributed by atoms with van der Waals surface area (Å²) in [7, 11) is 0. The van der Waals surface area contributed by atoms with Crippen LogP contribution < -0.4 is 15.4 Å². The Kier molecular flexibility index (Phi) is 4.38. The topological polar surface area (TPSA) is 106 Å². The molecule has 0 aliphatic carbocycles. The molecule has 2 aliphatic rings. The van der Waals surface area contributed by atoms with Crippen molar-refractivity contribution in [2.24, 2.45) is 5.73 Å². The molecule has 28 heavy (non-hydrogen) atoms. The third-order valence-corrected chi connectivity index (χ3v) is 5.86. The van der Waals surface area contributed by atoms with Gasteiger partial charge in [-0.3, -0.25) is 4.90 Å². The van der Waals surface area contributed by atoms with Gasteiger partial charge in [-0.15, -0.1) is 0 Å². The Morgan fingerprint density at radius 1 is 1.18 bits per heavy atom. The minimum atomic E-state index is -0.622. The van der Waals surface area contributed by atoms with Crippen LogP contribution in [0, 0.1) is 22.7 Å². The molecule has 0 unspecified atom stereocenters. The van der Waals surface area contributed by atoms with E-state index in [1.54, 1.807) is 17.0 Å². The molecule has 0 saturated heterocycles. The standard InChI is InChI=1S/C21H16N4O2S/c1-2-27-17-9-12(7-8-16(17)26)19-13(10-22)20(24)25-15-5-3-4-6-18(15)28-21(25)14(19)11-23/h3-9,19,26H,2,24H2,1H3/t19-/m0/s1. The van der Waals surface area contributed by atoms with E-state index >= 15 is 0 Å². The molecular weight excluding hydrogens is 372 g/mol. The number of hydrogen-bond donors (Lipinski definition) is 2. The molecule has 0 amide bonds. The minimum Gasteiger partial charge on any atom is -0.504 e. The number of phenolic OH excluding ortho intramolecular Hbond substituents is 1. The van der Waals surface area contributed by atoms with E-state index in [0.717, 1.165) is 10.6 Å². The monoisotopic (exact) mass is 388 g/mol. The maximum absolute atomic E-state index is 10.0. The van der Waals surface area contributed by atoms with Gasteiger partial charge in [0.2, 0.25) is 0 Å². The van der Waals surface area contributed by atoms with Gasteiger partial charge in [-0.1, -0.05) is 30.0 Å². The van der Waals surface area contributed by atoms with E-state index in [1.165, 1.54) is 17.8 Å². The highest BCUT2D eigenvalue weighted by atomic mass is 32.2. The molecular formula is C21H16N4O2S. The second-order valence-electron chi connectivity index (χ2n) is 6.24. The number of allylic oxidation sites excluding steroid dienone is 2. The Bertz CT molecular complexity index is 1120. The maximum atomic E-state index is 10.0. The van der Waals surface area contributed by atoms with Crippen LogP contribution in [-0.4, -0.2) is 11.7 Å². The van der Waals surface area contributed by atoms with Gasteiger partial charge in [0, 0.05) is 4.90 Å². The SMILES string of the molecule is CCOc1cc([C@H]2C(C#N)=C(N)N3C(=C2C#N)Sc2ccccc23)ccc1O. The summed E-state index contributed by atoms with van der Waals surface area (Å²) in [5.41, 5.74) is 8.68. The molecule has 6 nitrogen and oxygen atoms in total. The lowest BCUT2D eigenvalue weighted by Crippen LogP contribution is -2.32. The van der Waals surface area contributed by atoms with Gasteiger partial charge in [-0.2, -0.15) is 10.5 Å². The number of hydrogen-bond acceptors (Lipinski definition) is 7. The number of ether oxygens (including phenoxy) is 1. The molecule has 3 N–H and O–H groups in total. The van der Waals surface area contributed by atoms with Crippen LogP contribution in [0.4, 0.5) is 5.69 Å². The van der Waals surface area contributed by atoms with Crippen molar-refractivity contribution in [3.05, 3.63) is 70.0 Å². The second-order valence-corrected chi connectivity index (χ2v) is 7.27. The average molecular weight is 388 g/mol. The van der Waals surface area contributed by atoms with E-state index in [2.05, 4.69) is 12.1 Å². The van der Waals surface area contributed by atoms with Crippen LogP contribution >= 0.6 is 11.8 Å². The summed E-state index contributed by atoms with van der Waals surface area (Å²) in [6.07, 6.45) is 0. The van der Waals surface area contributed by atoms with Gasteiger partial charge >= 0.3 is 0 Å². The van der Waals surface area contributed by atoms with Crippen LogP contribution in [0.25, 0.3) is 0 Å². The summed E-state index contributed by atoms with van der Waals surface area (Å²) in [5.74, 6) is 0.00287. The van der Waals surface area contributed by atoms with Crippen LogP contribution in [0.3, 0.4) is 0 Å². The molecule has 0 aromatic heterocycles. The third-order valence-electron chi connectivity index (χ3n) is 4.70. The average Bonchev–Trinajstić information content (AvgIpc) is 3.09. The first-order valence-corrected chi connectivity index (χ1v) is 9.49. The summed E-state index contributed by atoms with van der Waals surface area (Å²) in [4.78, 5) is 2.75. The smallest absolute Gasteiger partial charge is 0.161 e. The summed E-state index contributed by atoms with van der Waals surface area (Å²) in [5, 5.41) is 30.6. The van der Waals surface area contributed by atoms with Crippen molar-refractivity contribution < 1.29 is 9.84 Å². The highest BCUT2D eigenvalue weighted by Gasteiger charge is 2.40.